The molecule has 2 fully saturated rings. The van der Waals surface area contributed by atoms with Crippen molar-refractivity contribution < 1.29 is 14.7 Å². The molecule has 1 heterocycles. The van der Waals surface area contributed by atoms with Crippen molar-refractivity contribution in [2.45, 2.75) is 124 Å². The van der Waals surface area contributed by atoms with Crippen LogP contribution in [0.5, 0.6) is 0 Å². The number of carbonyl (C=O) groups excluding carboxylic acids is 1. The van der Waals surface area contributed by atoms with Gasteiger partial charge in [0, 0.05) is 29.5 Å². The van der Waals surface area contributed by atoms with Gasteiger partial charge in [-0.05, 0) is 85.1 Å². The molecule has 2 N–H and O–H groups in total. The first-order valence-corrected chi connectivity index (χ1v) is 14.6. The second-order valence-corrected chi connectivity index (χ2v) is 14.0. The monoisotopic (exact) mass is 520 g/mol. The molecule has 1 amide bonds. The number of carboxylic acid groups (broad SMARTS) is 1. The molecular weight excluding hydrogens is 472 g/mol. The van der Waals surface area contributed by atoms with Gasteiger partial charge in [0.25, 0.3) is 5.91 Å². The summed E-state index contributed by atoms with van der Waals surface area (Å²) in [4.78, 5) is 24.7. The average molecular weight is 521 g/mol. The molecule has 0 aliphatic heterocycles. The Balaban J connectivity index is 1.80. The number of rotatable bonds is 6. The van der Waals surface area contributed by atoms with Crippen LogP contribution in [0.2, 0.25) is 0 Å². The summed E-state index contributed by atoms with van der Waals surface area (Å²) in [5, 5.41) is 12.4. The van der Waals surface area contributed by atoms with E-state index < -0.39 is 5.97 Å². The molecule has 2 saturated carbocycles. The minimum absolute atomic E-state index is 0.00103. The van der Waals surface area contributed by atoms with Crippen LogP contribution in [0.25, 0.3) is 11.3 Å². The van der Waals surface area contributed by atoms with Crippen molar-refractivity contribution in [2.24, 2.45) is 11.8 Å². The molecule has 1 aromatic carbocycles. The van der Waals surface area contributed by atoms with Gasteiger partial charge >= 0.3 is 5.97 Å². The van der Waals surface area contributed by atoms with Crippen LogP contribution in [-0.4, -0.2) is 27.6 Å². The van der Waals surface area contributed by atoms with E-state index in [1.165, 1.54) is 54.4 Å². The lowest BCUT2D eigenvalue weighted by Gasteiger charge is -2.32. The summed E-state index contributed by atoms with van der Waals surface area (Å²) in [6, 6.07) is 6.76. The van der Waals surface area contributed by atoms with E-state index in [2.05, 4.69) is 83.5 Å². The Morgan fingerprint density at radius 3 is 2.13 bits per heavy atom. The molecular formula is C33H48N2O3. The molecule has 0 bridgehead atoms. The highest BCUT2D eigenvalue weighted by Gasteiger charge is 2.36. The van der Waals surface area contributed by atoms with Crippen molar-refractivity contribution in [3.8, 4) is 11.3 Å². The quantitative estimate of drug-likeness (QED) is 0.413. The summed E-state index contributed by atoms with van der Waals surface area (Å²) in [6.45, 7) is 18.9. The number of benzene rings is 1. The molecule has 0 spiro atoms. The lowest BCUT2D eigenvalue weighted by Crippen LogP contribution is -2.46. The maximum atomic E-state index is 13.5. The summed E-state index contributed by atoms with van der Waals surface area (Å²) in [5.41, 5.74) is 8.02. The van der Waals surface area contributed by atoms with Crippen molar-refractivity contribution >= 4 is 11.9 Å². The molecule has 38 heavy (non-hydrogen) atoms. The van der Waals surface area contributed by atoms with Crippen molar-refractivity contribution in [3.05, 3.63) is 46.1 Å². The number of nitrogens with zero attached hydrogens (tertiary/aromatic N) is 1. The SMILES string of the molecule is Cc1c(-c2cc(C(=O)NC3CC(C(=O)O)C3)c(C)n2CC2CCCCC2)cc(C(C)(C)C)cc1C(C)(C)C. The fourth-order valence-electron chi connectivity index (χ4n) is 6.35. The van der Waals surface area contributed by atoms with Crippen LogP contribution >= 0.6 is 0 Å². The third-order valence-corrected chi connectivity index (χ3v) is 8.96. The Morgan fingerprint density at radius 1 is 0.947 bits per heavy atom. The average Bonchev–Trinajstić information content (AvgIpc) is 3.10. The molecule has 5 nitrogen and oxygen atoms in total. The minimum atomic E-state index is -0.767. The normalized spacial score (nSPS) is 20.7. The Hall–Kier alpha value is -2.56. The van der Waals surface area contributed by atoms with E-state index >= 15 is 0 Å². The second kappa shape index (κ2) is 10.5. The fourth-order valence-corrected chi connectivity index (χ4v) is 6.35. The maximum Gasteiger partial charge on any atom is 0.306 e. The molecule has 0 atom stereocenters. The number of hydrogen-bond acceptors (Lipinski definition) is 2. The van der Waals surface area contributed by atoms with Crippen LogP contribution in [0, 0.1) is 25.7 Å². The number of aliphatic carboxylic acids is 1. The third kappa shape index (κ3) is 5.87. The van der Waals surface area contributed by atoms with Gasteiger partial charge in [0.15, 0.2) is 0 Å². The molecule has 208 valence electrons. The Morgan fingerprint density at radius 2 is 1.58 bits per heavy atom. The summed E-state index contributed by atoms with van der Waals surface area (Å²) in [6.07, 6.45) is 7.40. The number of hydrogen-bond donors (Lipinski definition) is 2. The molecule has 2 aliphatic rings. The molecule has 4 rings (SSSR count). The number of carbonyl (C=O) groups is 2. The highest BCUT2D eigenvalue weighted by molar-refractivity contribution is 5.97. The molecule has 2 aliphatic carbocycles. The van der Waals surface area contributed by atoms with Crippen LogP contribution < -0.4 is 5.32 Å². The third-order valence-electron chi connectivity index (χ3n) is 8.96. The zero-order chi connectivity index (χ0) is 28.0. The largest absolute Gasteiger partial charge is 0.481 e. The van der Waals surface area contributed by atoms with Crippen LogP contribution in [-0.2, 0) is 22.2 Å². The topological polar surface area (TPSA) is 71.3 Å². The van der Waals surface area contributed by atoms with Gasteiger partial charge in [0.2, 0.25) is 0 Å². The number of carboxylic acids is 1. The predicted molar refractivity (Wildman–Crippen MR) is 155 cm³/mol. The van der Waals surface area contributed by atoms with Crippen molar-refractivity contribution in [1.29, 1.82) is 0 Å². The zero-order valence-electron chi connectivity index (χ0n) is 24.8. The Kier molecular flexibility index (Phi) is 7.89. The van der Waals surface area contributed by atoms with E-state index in [0.717, 1.165) is 17.9 Å². The van der Waals surface area contributed by atoms with E-state index in [-0.39, 0.29) is 28.7 Å². The van der Waals surface area contributed by atoms with Gasteiger partial charge in [0.05, 0.1) is 11.5 Å². The van der Waals surface area contributed by atoms with Gasteiger partial charge < -0.3 is 15.0 Å². The summed E-state index contributed by atoms with van der Waals surface area (Å²) in [7, 11) is 0. The summed E-state index contributed by atoms with van der Waals surface area (Å²) >= 11 is 0. The maximum absolute atomic E-state index is 13.5. The van der Waals surface area contributed by atoms with Crippen LogP contribution in [0.4, 0.5) is 0 Å². The molecule has 5 heteroatoms. The second-order valence-electron chi connectivity index (χ2n) is 14.0. The van der Waals surface area contributed by atoms with Gasteiger partial charge in [-0.25, -0.2) is 0 Å². The summed E-state index contributed by atoms with van der Waals surface area (Å²) < 4.78 is 2.41. The van der Waals surface area contributed by atoms with Crippen LogP contribution in [0.15, 0.2) is 18.2 Å². The highest BCUT2D eigenvalue weighted by Crippen LogP contribution is 2.40. The minimum Gasteiger partial charge on any atom is -0.481 e. The smallest absolute Gasteiger partial charge is 0.306 e. The standard InChI is InChI=1S/C33H48N2O3/c1-20-26(16-24(32(3,4)5)17-28(20)33(6,7)8)29-18-27(30(36)34-25-14-23(15-25)31(37)38)21(2)35(29)19-22-12-10-9-11-13-22/h16-18,22-23,25H,9-15,19H2,1-8H3,(H,34,36)(H,37,38). The van der Waals surface area contributed by atoms with Crippen molar-refractivity contribution in [1.82, 2.24) is 9.88 Å². The Labute approximate surface area is 229 Å². The zero-order valence-corrected chi connectivity index (χ0v) is 24.8. The predicted octanol–water partition coefficient (Wildman–Crippen LogP) is 7.54. The Bertz CT molecular complexity index is 1200. The van der Waals surface area contributed by atoms with E-state index in [0.29, 0.717) is 24.3 Å². The lowest BCUT2D eigenvalue weighted by molar-refractivity contribution is -0.145. The first-order chi connectivity index (χ1) is 17.7. The molecule has 0 saturated heterocycles. The molecule has 1 aromatic heterocycles. The number of amides is 1. The van der Waals surface area contributed by atoms with Gasteiger partial charge in [-0.1, -0.05) is 66.9 Å². The lowest BCUT2D eigenvalue weighted by atomic mass is 9.76. The van der Waals surface area contributed by atoms with Crippen LogP contribution in [0.3, 0.4) is 0 Å². The van der Waals surface area contributed by atoms with Crippen LogP contribution in [0.1, 0.15) is 119 Å². The summed E-state index contributed by atoms with van der Waals surface area (Å²) in [5.74, 6) is -0.566. The van der Waals surface area contributed by atoms with Gasteiger partial charge in [-0.3, -0.25) is 9.59 Å². The number of nitrogens with one attached hydrogen (secondary N) is 1. The van der Waals surface area contributed by atoms with Gasteiger partial charge in [-0.2, -0.15) is 0 Å². The van der Waals surface area contributed by atoms with E-state index in [9.17, 15) is 14.7 Å². The first-order valence-electron chi connectivity index (χ1n) is 14.6. The van der Waals surface area contributed by atoms with Crippen molar-refractivity contribution in [2.75, 3.05) is 0 Å². The van der Waals surface area contributed by atoms with Crippen molar-refractivity contribution in [3.63, 3.8) is 0 Å². The highest BCUT2D eigenvalue weighted by atomic mass is 16.4. The van der Waals surface area contributed by atoms with Gasteiger partial charge in [0.1, 0.15) is 0 Å². The molecule has 2 aromatic rings. The van der Waals surface area contributed by atoms with E-state index in [1.807, 2.05) is 0 Å². The van der Waals surface area contributed by atoms with E-state index in [1.54, 1.807) is 0 Å². The fraction of sp³-hybridized carbons (Fsp3) is 0.636. The number of aromatic nitrogens is 1. The molecule has 0 unspecified atom stereocenters. The van der Waals surface area contributed by atoms with Gasteiger partial charge in [-0.15, -0.1) is 0 Å². The molecule has 0 radical (unpaired) electrons. The first kappa shape index (κ1) is 28.4. The van der Waals surface area contributed by atoms with E-state index in [4.69, 9.17) is 0 Å².